The lowest BCUT2D eigenvalue weighted by Gasteiger charge is -2.23. The quantitative estimate of drug-likeness (QED) is 0.484. The number of nitrogens with two attached hydrogens (primary N) is 1. The summed E-state index contributed by atoms with van der Waals surface area (Å²) in [6.07, 6.45) is 3.38. The van der Waals surface area contributed by atoms with Gasteiger partial charge < -0.3 is 21.5 Å². The van der Waals surface area contributed by atoms with Crippen LogP contribution in [0, 0.1) is 5.92 Å². The minimum Gasteiger partial charge on any atom is -0.481 e. The Kier molecular flexibility index (Phi) is 8.42. The molecule has 0 aromatic rings. The van der Waals surface area contributed by atoms with E-state index in [0.717, 1.165) is 12.8 Å². The van der Waals surface area contributed by atoms with Crippen LogP contribution in [0.25, 0.3) is 0 Å². The molecule has 0 aliphatic rings. The summed E-state index contributed by atoms with van der Waals surface area (Å²) in [7, 11) is 0. The van der Waals surface area contributed by atoms with Gasteiger partial charge in [-0.15, -0.1) is 0 Å². The molecule has 0 aromatic heterocycles. The van der Waals surface area contributed by atoms with Gasteiger partial charge in [0.2, 0.25) is 5.91 Å². The highest BCUT2D eigenvalue weighted by Gasteiger charge is 2.26. The summed E-state index contributed by atoms with van der Waals surface area (Å²) in [5, 5.41) is 13.9. The molecule has 0 saturated carbocycles. The van der Waals surface area contributed by atoms with Gasteiger partial charge in [0, 0.05) is 13.0 Å². The first-order valence-electron chi connectivity index (χ1n) is 7.26. The molecule has 0 radical (unpaired) electrons. The van der Waals surface area contributed by atoms with Gasteiger partial charge in [-0.2, -0.15) is 0 Å². The third-order valence-electron chi connectivity index (χ3n) is 3.34. The van der Waals surface area contributed by atoms with Crippen LogP contribution >= 0.6 is 0 Å². The van der Waals surface area contributed by atoms with E-state index in [0.29, 0.717) is 19.4 Å². The minimum absolute atomic E-state index is 0.144. The molecule has 0 aliphatic carbocycles. The smallest absolute Gasteiger partial charge is 0.315 e. The van der Waals surface area contributed by atoms with Crippen molar-refractivity contribution in [3.8, 4) is 0 Å². The summed E-state index contributed by atoms with van der Waals surface area (Å²) in [6, 6.07) is -0.452. The predicted molar refractivity (Wildman–Crippen MR) is 79.7 cm³/mol. The van der Waals surface area contributed by atoms with Gasteiger partial charge >= 0.3 is 12.0 Å². The van der Waals surface area contributed by atoms with E-state index >= 15 is 0 Å². The average molecular weight is 301 g/mol. The first-order chi connectivity index (χ1) is 9.69. The van der Waals surface area contributed by atoms with Crippen LogP contribution in [0.4, 0.5) is 4.79 Å². The molecule has 3 amide bonds. The zero-order valence-corrected chi connectivity index (χ0v) is 13.1. The molecular formula is C14H27N3O4. The van der Waals surface area contributed by atoms with Gasteiger partial charge in [-0.05, 0) is 32.6 Å². The summed E-state index contributed by atoms with van der Waals surface area (Å²) in [6.45, 7) is 5.54. The van der Waals surface area contributed by atoms with Gasteiger partial charge in [0.05, 0.1) is 0 Å². The number of nitrogens with one attached hydrogen (secondary N) is 2. The monoisotopic (exact) mass is 301 g/mol. The molecule has 0 saturated heterocycles. The maximum atomic E-state index is 11.6. The molecule has 0 fully saturated rings. The number of rotatable bonds is 10. The van der Waals surface area contributed by atoms with E-state index in [2.05, 4.69) is 10.6 Å². The number of carbonyl (C=O) groups excluding carboxylic acids is 2. The molecule has 1 unspecified atom stereocenters. The highest BCUT2D eigenvalue weighted by atomic mass is 16.4. The zero-order valence-electron chi connectivity index (χ0n) is 13.1. The van der Waals surface area contributed by atoms with Crippen LogP contribution in [0.2, 0.25) is 0 Å². The molecule has 0 bridgehead atoms. The van der Waals surface area contributed by atoms with Gasteiger partial charge in [-0.3, -0.25) is 9.59 Å². The first kappa shape index (κ1) is 19.2. The van der Waals surface area contributed by atoms with Crippen LogP contribution in [0.5, 0.6) is 0 Å². The fraction of sp³-hybridized carbons (Fsp3) is 0.786. The first-order valence-corrected chi connectivity index (χ1v) is 7.26. The lowest BCUT2D eigenvalue weighted by atomic mass is 9.94. The second-order valence-corrected chi connectivity index (χ2v) is 5.75. The SMILES string of the molecule is CCCC(CCNC(=O)NC(C)(C)C(N)=O)CCC(=O)O. The van der Waals surface area contributed by atoms with E-state index < -0.39 is 23.4 Å². The summed E-state index contributed by atoms with van der Waals surface area (Å²) < 4.78 is 0. The number of urea groups is 1. The Labute approximate surface area is 125 Å². The summed E-state index contributed by atoms with van der Waals surface area (Å²) >= 11 is 0. The molecule has 21 heavy (non-hydrogen) atoms. The highest BCUT2D eigenvalue weighted by molar-refractivity contribution is 5.89. The van der Waals surface area contributed by atoms with Crippen molar-refractivity contribution in [2.24, 2.45) is 11.7 Å². The molecule has 0 rings (SSSR count). The minimum atomic E-state index is -1.10. The standard InChI is InChI=1S/C14H27N3O4/c1-4-5-10(6-7-11(18)19)8-9-16-13(21)17-14(2,3)12(15)20/h10H,4-9H2,1-3H3,(H2,15,20)(H,18,19)(H2,16,17,21). The second-order valence-electron chi connectivity index (χ2n) is 5.75. The van der Waals surface area contributed by atoms with Gasteiger partial charge in [0.1, 0.15) is 5.54 Å². The average Bonchev–Trinajstić information content (AvgIpc) is 2.34. The van der Waals surface area contributed by atoms with E-state index in [1.54, 1.807) is 0 Å². The van der Waals surface area contributed by atoms with Crippen LogP contribution in [0.3, 0.4) is 0 Å². The molecule has 0 spiro atoms. The Hall–Kier alpha value is -1.79. The number of amides is 3. The van der Waals surface area contributed by atoms with Crippen molar-refractivity contribution in [2.75, 3.05) is 6.54 Å². The van der Waals surface area contributed by atoms with Crippen molar-refractivity contribution in [1.29, 1.82) is 0 Å². The number of hydrogen-bond acceptors (Lipinski definition) is 3. The third kappa shape index (κ3) is 8.88. The maximum absolute atomic E-state index is 11.6. The fourth-order valence-corrected chi connectivity index (χ4v) is 1.95. The van der Waals surface area contributed by atoms with E-state index in [9.17, 15) is 14.4 Å². The van der Waals surface area contributed by atoms with Crippen LogP contribution in [0.15, 0.2) is 0 Å². The number of carboxylic acids is 1. The maximum Gasteiger partial charge on any atom is 0.315 e. The molecule has 122 valence electrons. The summed E-state index contributed by atoms with van der Waals surface area (Å²) in [5.41, 5.74) is 4.06. The molecule has 0 heterocycles. The van der Waals surface area contributed by atoms with Crippen molar-refractivity contribution >= 4 is 17.9 Å². The van der Waals surface area contributed by atoms with Gasteiger partial charge in [-0.25, -0.2) is 4.79 Å². The van der Waals surface area contributed by atoms with Crippen molar-refractivity contribution in [2.45, 2.75) is 58.4 Å². The second kappa shape index (κ2) is 9.20. The molecule has 5 N–H and O–H groups in total. The Morgan fingerprint density at radius 1 is 1.19 bits per heavy atom. The predicted octanol–water partition coefficient (Wildman–Crippen LogP) is 1.22. The zero-order chi connectivity index (χ0) is 16.5. The Morgan fingerprint density at radius 2 is 1.81 bits per heavy atom. The van der Waals surface area contributed by atoms with Crippen LogP contribution in [0.1, 0.15) is 52.9 Å². The lowest BCUT2D eigenvalue weighted by molar-refractivity contribution is -0.137. The van der Waals surface area contributed by atoms with Crippen molar-refractivity contribution in [3.05, 3.63) is 0 Å². The van der Waals surface area contributed by atoms with Crippen molar-refractivity contribution < 1.29 is 19.5 Å². The molecule has 7 nitrogen and oxygen atoms in total. The number of aliphatic carboxylic acids is 1. The van der Waals surface area contributed by atoms with E-state index in [1.807, 2.05) is 6.92 Å². The van der Waals surface area contributed by atoms with Gasteiger partial charge in [-0.1, -0.05) is 19.8 Å². The number of carboxylic acid groups (broad SMARTS) is 1. The van der Waals surface area contributed by atoms with E-state index in [1.165, 1.54) is 13.8 Å². The van der Waals surface area contributed by atoms with Gasteiger partial charge in [0.25, 0.3) is 0 Å². The molecule has 1 atom stereocenters. The van der Waals surface area contributed by atoms with E-state index in [4.69, 9.17) is 10.8 Å². The van der Waals surface area contributed by atoms with Crippen molar-refractivity contribution in [1.82, 2.24) is 10.6 Å². The summed E-state index contributed by atoms with van der Waals surface area (Å²) in [4.78, 5) is 33.3. The topological polar surface area (TPSA) is 122 Å². The normalized spacial score (nSPS) is 12.5. The molecular weight excluding hydrogens is 274 g/mol. The largest absolute Gasteiger partial charge is 0.481 e. The Morgan fingerprint density at radius 3 is 2.29 bits per heavy atom. The Bertz CT molecular complexity index is 369. The fourth-order valence-electron chi connectivity index (χ4n) is 1.95. The van der Waals surface area contributed by atoms with E-state index in [-0.39, 0.29) is 12.3 Å². The van der Waals surface area contributed by atoms with Crippen LogP contribution < -0.4 is 16.4 Å². The number of primary amides is 1. The Balaban J connectivity index is 4.10. The highest BCUT2D eigenvalue weighted by Crippen LogP contribution is 2.17. The van der Waals surface area contributed by atoms with Crippen molar-refractivity contribution in [3.63, 3.8) is 0 Å². The van der Waals surface area contributed by atoms with Crippen LogP contribution in [-0.2, 0) is 9.59 Å². The molecule has 7 heteroatoms. The van der Waals surface area contributed by atoms with Gasteiger partial charge in [0.15, 0.2) is 0 Å². The third-order valence-corrected chi connectivity index (χ3v) is 3.34. The molecule has 0 aromatic carbocycles. The number of carbonyl (C=O) groups is 3. The number of hydrogen-bond donors (Lipinski definition) is 4. The molecule has 0 aliphatic heterocycles. The lowest BCUT2D eigenvalue weighted by Crippen LogP contribution is -2.55. The summed E-state index contributed by atoms with van der Waals surface area (Å²) in [5.74, 6) is -1.14. The van der Waals surface area contributed by atoms with Crippen LogP contribution in [-0.4, -0.2) is 35.1 Å².